The average Bonchev–Trinajstić information content (AvgIpc) is 3.12. The number of likely N-dealkylation sites (N-methyl/N-ethyl adjacent to an activating group) is 1. The van der Waals surface area contributed by atoms with E-state index in [9.17, 15) is 17.6 Å². The van der Waals surface area contributed by atoms with E-state index in [4.69, 9.17) is 5.73 Å². The van der Waals surface area contributed by atoms with Crippen molar-refractivity contribution >= 4 is 0 Å². The second-order valence-electron chi connectivity index (χ2n) is 5.40. The maximum absolute atomic E-state index is 13.3. The van der Waals surface area contributed by atoms with E-state index in [1.54, 1.807) is 0 Å². The van der Waals surface area contributed by atoms with Crippen molar-refractivity contribution in [3.63, 3.8) is 0 Å². The first-order valence-electron chi connectivity index (χ1n) is 6.58. The highest BCUT2D eigenvalue weighted by atomic mass is 19.4. The predicted octanol–water partition coefficient (Wildman–Crippen LogP) is 3.01. The van der Waals surface area contributed by atoms with Gasteiger partial charge in [-0.15, -0.1) is 0 Å². The fraction of sp³-hybridized carbons (Fsp3) is 0.571. The zero-order valence-corrected chi connectivity index (χ0v) is 11.3. The van der Waals surface area contributed by atoms with Crippen LogP contribution in [0, 0.1) is 11.7 Å². The summed E-state index contributed by atoms with van der Waals surface area (Å²) in [5.74, 6) is -0.348. The Morgan fingerprint density at radius 2 is 1.95 bits per heavy atom. The van der Waals surface area contributed by atoms with Gasteiger partial charge in [-0.05, 0) is 49.6 Å². The first-order chi connectivity index (χ1) is 9.31. The molecule has 112 valence electrons. The summed E-state index contributed by atoms with van der Waals surface area (Å²) in [7, 11) is 1.81. The van der Waals surface area contributed by atoms with Crippen molar-refractivity contribution < 1.29 is 17.6 Å². The predicted molar refractivity (Wildman–Crippen MR) is 68.4 cm³/mol. The number of alkyl halides is 3. The van der Waals surface area contributed by atoms with E-state index in [0.29, 0.717) is 24.1 Å². The molecular formula is C14H18F4N2. The fourth-order valence-electron chi connectivity index (χ4n) is 2.52. The maximum atomic E-state index is 13.3. The molecule has 1 saturated carbocycles. The molecule has 2 nitrogen and oxygen atoms in total. The Hall–Kier alpha value is -1.14. The zero-order valence-electron chi connectivity index (χ0n) is 11.3. The minimum atomic E-state index is -4.53. The van der Waals surface area contributed by atoms with Gasteiger partial charge >= 0.3 is 6.18 Å². The molecule has 1 aromatic carbocycles. The Bertz CT molecular complexity index is 469. The largest absolute Gasteiger partial charge is 0.416 e. The molecule has 0 radical (unpaired) electrons. The highest BCUT2D eigenvalue weighted by molar-refractivity contribution is 5.27. The Kier molecular flexibility index (Phi) is 4.34. The van der Waals surface area contributed by atoms with Gasteiger partial charge in [0.15, 0.2) is 0 Å². The standard InChI is InChI=1S/C14H18F4N2/c1-20(13(7-19)10-2-3-10)8-9-4-11(14(16,17)18)6-12(15)5-9/h4-6,10,13H,2-3,7-8,19H2,1H3. The molecule has 0 heterocycles. The third-order valence-electron chi connectivity index (χ3n) is 3.69. The summed E-state index contributed by atoms with van der Waals surface area (Å²) in [6.07, 6.45) is -2.33. The van der Waals surface area contributed by atoms with Gasteiger partial charge in [-0.2, -0.15) is 13.2 Å². The normalized spacial score (nSPS) is 17.6. The van der Waals surface area contributed by atoms with Crippen LogP contribution in [0.3, 0.4) is 0 Å². The number of hydrogen-bond donors (Lipinski definition) is 1. The second-order valence-corrected chi connectivity index (χ2v) is 5.40. The van der Waals surface area contributed by atoms with Crippen LogP contribution in [0.4, 0.5) is 17.6 Å². The SMILES string of the molecule is CN(Cc1cc(F)cc(C(F)(F)F)c1)C(CN)C1CC1. The van der Waals surface area contributed by atoms with E-state index < -0.39 is 17.6 Å². The molecule has 0 amide bonds. The molecule has 1 unspecified atom stereocenters. The summed E-state index contributed by atoms with van der Waals surface area (Å²) < 4.78 is 51.3. The molecule has 0 bridgehead atoms. The highest BCUT2D eigenvalue weighted by Crippen LogP contribution is 2.35. The van der Waals surface area contributed by atoms with Crippen LogP contribution in [-0.4, -0.2) is 24.5 Å². The van der Waals surface area contributed by atoms with Crippen LogP contribution in [0.15, 0.2) is 18.2 Å². The summed E-state index contributed by atoms with van der Waals surface area (Å²) in [4.78, 5) is 1.91. The number of hydrogen-bond acceptors (Lipinski definition) is 2. The van der Waals surface area contributed by atoms with E-state index in [-0.39, 0.29) is 12.6 Å². The van der Waals surface area contributed by atoms with Gasteiger partial charge in [0, 0.05) is 19.1 Å². The van der Waals surface area contributed by atoms with E-state index in [1.807, 2.05) is 11.9 Å². The maximum Gasteiger partial charge on any atom is 0.416 e. The van der Waals surface area contributed by atoms with Gasteiger partial charge in [-0.3, -0.25) is 4.90 Å². The molecule has 2 rings (SSSR count). The molecule has 0 saturated heterocycles. The molecule has 1 atom stereocenters. The minimum absolute atomic E-state index is 0.146. The van der Waals surface area contributed by atoms with Crippen LogP contribution in [0.2, 0.25) is 0 Å². The molecule has 1 aliphatic rings. The zero-order chi connectivity index (χ0) is 14.9. The number of rotatable bonds is 5. The Balaban J connectivity index is 2.14. The van der Waals surface area contributed by atoms with Gasteiger partial charge in [-0.25, -0.2) is 4.39 Å². The molecule has 0 aliphatic heterocycles. The van der Waals surface area contributed by atoms with Crippen molar-refractivity contribution in [2.24, 2.45) is 11.7 Å². The summed E-state index contributed by atoms with van der Waals surface area (Å²) >= 11 is 0. The van der Waals surface area contributed by atoms with Gasteiger partial charge in [0.1, 0.15) is 5.82 Å². The average molecular weight is 290 g/mol. The molecule has 0 aromatic heterocycles. The van der Waals surface area contributed by atoms with Gasteiger partial charge in [-0.1, -0.05) is 0 Å². The van der Waals surface area contributed by atoms with Crippen LogP contribution in [-0.2, 0) is 12.7 Å². The first kappa shape index (κ1) is 15.3. The molecule has 1 aromatic rings. The number of nitrogens with zero attached hydrogens (tertiary/aromatic N) is 1. The third kappa shape index (κ3) is 3.70. The van der Waals surface area contributed by atoms with Crippen molar-refractivity contribution in [3.05, 3.63) is 35.1 Å². The van der Waals surface area contributed by atoms with E-state index in [1.165, 1.54) is 0 Å². The number of benzene rings is 1. The molecule has 1 aliphatic carbocycles. The molecule has 6 heteroatoms. The number of nitrogens with two attached hydrogens (primary N) is 1. The van der Waals surface area contributed by atoms with Crippen molar-refractivity contribution in [3.8, 4) is 0 Å². The van der Waals surface area contributed by atoms with Crippen LogP contribution < -0.4 is 5.73 Å². The fourth-order valence-corrected chi connectivity index (χ4v) is 2.52. The van der Waals surface area contributed by atoms with Gasteiger partial charge < -0.3 is 5.73 Å². The minimum Gasteiger partial charge on any atom is -0.329 e. The molecule has 2 N–H and O–H groups in total. The lowest BCUT2D eigenvalue weighted by molar-refractivity contribution is -0.137. The van der Waals surface area contributed by atoms with Crippen molar-refractivity contribution in [2.45, 2.75) is 31.6 Å². The molecule has 1 fully saturated rings. The smallest absolute Gasteiger partial charge is 0.329 e. The lowest BCUT2D eigenvalue weighted by Crippen LogP contribution is -2.39. The van der Waals surface area contributed by atoms with Crippen LogP contribution in [0.25, 0.3) is 0 Å². The van der Waals surface area contributed by atoms with Crippen molar-refractivity contribution in [1.29, 1.82) is 0 Å². The van der Waals surface area contributed by atoms with Crippen LogP contribution >= 0.6 is 0 Å². The third-order valence-corrected chi connectivity index (χ3v) is 3.69. The molecule has 20 heavy (non-hydrogen) atoms. The van der Waals surface area contributed by atoms with E-state index >= 15 is 0 Å². The van der Waals surface area contributed by atoms with Crippen LogP contribution in [0.1, 0.15) is 24.0 Å². The Labute approximate surface area is 115 Å². The van der Waals surface area contributed by atoms with E-state index in [0.717, 1.165) is 25.0 Å². The van der Waals surface area contributed by atoms with E-state index in [2.05, 4.69) is 0 Å². The summed E-state index contributed by atoms with van der Waals surface area (Å²) in [6.45, 7) is 0.724. The van der Waals surface area contributed by atoms with Crippen LogP contribution in [0.5, 0.6) is 0 Å². The topological polar surface area (TPSA) is 29.3 Å². The summed E-state index contributed by atoms with van der Waals surface area (Å²) in [6, 6.07) is 2.81. The quantitative estimate of drug-likeness (QED) is 0.845. The molecular weight excluding hydrogens is 272 g/mol. The first-order valence-corrected chi connectivity index (χ1v) is 6.58. The number of halogens is 4. The summed E-state index contributed by atoms with van der Waals surface area (Å²) in [5.41, 5.74) is 5.07. The highest BCUT2D eigenvalue weighted by Gasteiger charge is 2.34. The Morgan fingerprint density at radius 3 is 2.45 bits per heavy atom. The lowest BCUT2D eigenvalue weighted by atomic mass is 10.1. The summed E-state index contributed by atoms with van der Waals surface area (Å²) in [5, 5.41) is 0. The van der Waals surface area contributed by atoms with Crippen molar-refractivity contribution in [2.75, 3.05) is 13.6 Å². The lowest BCUT2D eigenvalue weighted by Gasteiger charge is -2.27. The molecule has 0 spiro atoms. The van der Waals surface area contributed by atoms with Gasteiger partial charge in [0.2, 0.25) is 0 Å². The Morgan fingerprint density at radius 1 is 1.30 bits per heavy atom. The second kappa shape index (κ2) is 5.69. The van der Waals surface area contributed by atoms with Crippen molar-refractivity contribution in [1.82, 2.24) is 4.90 Å². The monoisotopic (exact) mass is 290 g/mol. The van der Waals surface area contributed by atoms with Gasteiger partial charge in [0.25, 0.3) is 0 Å². The van der Waals surface area contributed by atoms with Gasteiger partial charge in [0.05, 0.1) is 5.56 Å².